The number of ether oxygens (including phenoxy) is 1. The first-order valence-corrected chi connectivity index (χ1v) is 8.67. The first kappa shape index (κ1) is 18.0. The zero-order valence-electron chi connectivity index (χ0n) is 16.2. The fraction of sp³-hybridized carbons (Fsp3) is 0.526. The van der Waals surface area contributed by atoms with Crippen LogP contribution in [0.1, 0.15) is 44.6 Å². The maximum absolute atomic E-state index is 6.22. The molecule has 0 unspecified atom stereocenters. The van der Waals surface area contributed by atoms with Crippen molar-refractivity contribution in [1.82, 2.24) is 9.78 Å². The molecule has 0 radical (unpaired) electrons. The Labute approximate surface area is 150 Å². The molecule has 5 nitrogen and oxygen atoms in total. The van der Waals surface area contributed by atoms with E-state index >= 15 is 0 Å². The zero-order valence-corrected chi connectivity index (χ0v) is 16.2. The molecule has 0 bridgehead atoms. The Balaban J connectivity index is 1.89. The minimum absolute atomic E-state index is 0.356. The Morgan fingerprint density at radius 1 is 1.12 bits per heavy atom. The van der Waals surface area contributed by atoms with Gasteiger partial charge in [-0.15, -0.1) is 0 Å². The van der Waals surface area contributed by atoms with E-state index in [1.807, 2.05) is 29.8 Å². The lowest BCUT2D eigenvalue weighted by molar-refractivity contribution is 0.00578. The van der Waals surface area contributed by atoms with Gasteiger partial charge in [0.25, 0.3) is 0 Å². The monoisotopic (exact) mass is 342 g/mol. The van der Waals surface area contributed by atoms with E-state index in [2.05, 4.69) is 40.7 Å². The normalized spacial score (nSPS) is 18.6. The van der Waals surface area contributed by atoms with Gasteiger partial charge < -0.3 is 14.0 Å². The molecule has 1 aromatic heterocycles. The molecule has 0 N–H and O–H groups in total. The lowest BCUT2D eigenvalue weighted by atomic mass is 9.77. The van der Waals surface area contributed by atoms with E-state index in [0.29, 0.717) is 6.54 Å². The quantitative estimate of drug-likeness (QED) is 0.802. The number of rotatable bonds is 4. The van der Waals surface area contributed by atoms with Crippen molar-refractivity contribution < 1.29 is 14.0 Å². The summed E-state index contributed by atoms with van der Waals surface area (Å²) in [5, 5.41) is 4.72. The summed E-state index contributed by atoms with van der Waals surface area (Å²) < 4.78 is 19.7. The van der Waals surface area contributed by atoms with Crippen LogP contribution >= 0.6 is 0 Å². The van der Waals surface area contributed by atoms with E-state index in [9.17, 15) is 0 Å². The summed E-state index contributed by atoms with van der Waals surface area (Å²) in [4.78, 5) is 0. The maximum Gasteiger partial charge on any atom is 0.498 e. The molecule has 134 valence electrons. The van der Waals surface area contributed by atoms with Gasteiger partial charge in [-0.3, -0.25) is 4.68 Å². The fourth-order valence-corrected chi connectivity index (χ4v) is 3.11. The van der Waals surface area contributed by atoms with Crippen LogP contribution in [0.25, 0.3) is 0 Å². The smallest absolute Gasteiger partial charge is 0.497 e. The molecule has 3 rings (SSSR count). The number of aromatic nitrogens is 2. The van der Waals surface area contributed by atoms with E-state index in [1.165, 1.54) is 0 Å². The third-order valence-corrected chi connectivity index (χ3v) is 5.39. The Bertz CT molecular complexity index is 767. The van der Waals surface area contributed by atoms with Gasteiger partial charge in [-0.1, -0.05) is 12.1 Å². The number of methoxy groups -OCH3 is 1. The molecule has 25 heavy (non-hydrogen) atoms. The van der Waals surface area contributed by atoms with Crippen molar-refractivity contribution in [3.8, 4) is 5.75 Å². The van der Waals surface area contributed by atoms with Gasteiger partial charge in [0.2, 0.25) is 0 Å². The summed E-state index contributed by atoms with van der Waals surface area (Å²) in [5.41, 5.74) is 3.47. The van der Waals surface area contributed by atoms with Crippen LogP contribution in [0, 0.1) is 13.8 Å². The van der Waals surface area contributed by atoms with Gasteiger partial charge in [-0.05, 0) is 59.2 Å². The second-order valence-electron chi connectivity index (χ2n) is 7.68. The minimum Gasteiger partial charge on any atom is -0.497 e. The predicted molar refractivity (Wildman–Crippen MR) is 99.5 cm³/mol. The molecule has 0 aliphatic carbocycles. The van der Waals surface area contributed by atoms with Crippen molar-refractivity contribution in [2.75, 3.05) is 7.11 Å². The molecular weight excluding hydrogens is 315 g/mol. The predicted octanol–water partition coefficient (Wildman–Crippen LogP) is 2.86. The van der Waals surface area contributed by atoms with Gasteiger partial charge in [0.1, 0.15) is 5.75 Å². The van der Waals surface area contributed by atoms with E-state index < -0.39 is 0 Å². The summed E-state index contributed by atoms with van der Waals surface area (Å²) in [5.74, 6) is 0.852. The van der Waals surface area contributed by atoms with Gasteiger partial charge in [0.15, 0.2) is 0 Å². The maximum atomic E-state index is 6.22. The fourth-order valence-electron chi connectivity index (χ4n) is 3.11. The number of hydrogen-bond acceptors (Lipinski definition) is 4. The molecule has 1 aliphatic rings. The van der Waals surface area contributed by atoms with E-state index in [4.69, 9.17) is 19.1 Å². The molecule has 1 saturated heterocycles. The highest BCUT2D eigenvalue weighted by molar-refractivity contribution is 6.63. The molecule has 0 saturated carbocycles. The third kappa shape index (κ3) is 3.21. The SMILES string of the molecule is COc1cccc(Cn2nc(C)c(B3OC(C)(C)C(C)(C)O3)c2C)c1. The van der Waals surface area contributed by atoms with Crippen LogP contribution in [0.15, 0.2) is 24.3 Å². The zero-order chi connectivity index (χ0) is 18.4. The van der Waals surface area contributed by atoms with E-state index in [1.54, 1.807) is 7.11 Å². The first-order chi connectivity index (χ1) is 11.6. The Morgan fingerprint density at radius 3 is 2.36 bits per heavy atom. The number of benzene rings is 1. The minimum atomic E-state index is -0.385. The highest BCUT2D eigenvalue weighted by atomic mass is 16.7. The van der Waals surface area contributed by atoms with Crippen LogP contribution in [-0.4, -0.2) is 35.2 Å². The topological polar surface area (TPSA) is 45.5 Å². The van der Waals surface area contributed by atoms with Gasteiger partial charge in [-0.2, -0.15) is 5.10 Å². The number of hydrogen-bond donors (Lipinski definition) is 0. The molecule has 1 aliphatic heterocycles. The van der Waals surface area contributed by atoms with E-state index in [0.717, 1.165) is 28.2 Å². The average Bonchev–Trinajstić information content (AvgIpc) is 2.91. The van der Waals surface area contributed by atoms with Crippen molar-refractivity contribution in [1.29, 1.82) is 0 Å². The highest BCUT2D eigenvalue weighted by Crippen LogP contribution is 2.36. The van der Waals surface area contributed by atoms with Crippen LogP contribution in [0.5, 0.6) is 5.75 Å². The Kier molecular flexibility index (Phi) is 4.46. The molecule has 6 heteroatoms. The Morgan fingerprint density at radius 2 is 1.76 bits per heavy atom. The first-order valence-electron chi connectivity index (χ1n) is 8.67. The molecule has 2 aromatic rings. The van der Waals surface area contributed by atoms with Gasteiger partial charge in [-0.25, -0.2) is 0 Å². The van der Waals surface area contributed by atoms with Crippen LogP contribution in [-0.2, 0) is 15.9 Å². The average molecular weight is 342 g/mol. The molecule has 0 atom stereocenters. The lowest BCUT2D eigenvalue weighted by Gasteiger charge is -2.32. The van der Waals surface area contributed by atoms with Crippen LogP contribution in [0.3, 0.4) is 0 Å². The second-order valence-corrected chi connectivity index (χ2v) is 7.68. The Hall–Kier alpha value is -1.79. The van der Waals surface area contributed by atoms with Gasteiger partial charge in [0, 0.05) is 11.2 Å². The van der Waals surface area contributed by atoms with Crippen LogP contribution < -0.4 is 10.2 Å². The summed E-state index contributed by atoms with van der Waals surface area (Å²) >= 11 is 0. The largest absolute Gasteiger partial charge is 0.498 e. The van der Waals surface area contributed by atoms with Gasteiger partial charge in [0.05, 0.1) is 30.6 Å². The van der Waals surface area contributed by atoms with Crippen molar-refractivity contribution in [2.24, 2.45) is 0 Å². The third-order valence-electron chi connectivity index (χ3n) is 5.39. The molecule has 0 amide bonds. The molecule has 1 aromatic carbocycles. The van der Waals surface area contributed by atoms with Gasteiger partial charge >= 0.3 is 7.12 Å². The summed E-state index contributed by atoms with van der Waals surface area (Å²) in [7, 11) is 1.29. The molecular formula is C19H27BN2O3. The second kappa shape index (κ2) is 6.18. The lowest BCUT2D eigenvalue weighted by Crippen LogP contribution is -2.41. The number of aryl methyl sites for hydroxylation is 1. The summed E-state index contributed by atoms with van der Waals surface area (Å²) in [6.07, 6.45) is 0. The molecule has 1 fully saturated rings. The van der Waals surface area contributed by atoms with E-state index in [-0.39, 0.29) is 18.3 Å². The van der Waals surface area contributed by atoms with Crippen molar-refractivity contribution in [3.63, 3.8) is 0 Å². The summed E-state index contributed by atoms with van der Waals surface area (Å²) in [6.45, 7) is 13.0. The highest BCUT2D eigenvalue weighted by Gasteiger charge is 2.53. The van der Waals surface area contributed by atoms with Crippen molar-refractivity contribution >= 4 is 12.6 Å². The molecule has 2 heterocycles. The van der Waals surface area contributed by atoms with Crippen molar-refractivity contribution in [3.05, 3.63) is 41.2 Å². The molecule has 0 spiro atoms. The van der Waals surface area contributed by atoms with Crippen LogP contribution in [0.2, 0.25) is 0 Å². The number of nitrogens with zero attached hydrogens (tertiary/aromatic N) is 2. The summed E-state index contributed by atoms with van der Waals surface area (Å²) in [6, 6.07) is 8.05. The standard InChI is InChI=1S/C19H27BN2O3/c1-13-17(20-24-18(3,4)19(5,6)25-20)14(2)22(21-13)12-15-9-8-10-16(11-15)23-7/h8-11H,12H2,1-7H3. The van der Waals surface area contributed by atoms with Crippen molar-refractivity contribution in [2.45, 2.75) is 59.3 Å². The van der Waals surface area contributed by atoms with Crippen LogP contribution in [0.4, 0.5) is 0 Å².